The lowest BCUT2D eigenvalue weighted by Gasteiger charge is -2.31. The zero-order valence-electron chi connectivity index (χ0n) is 11.8. The summed E-state index contributed by atoms with van der Waals surface area (Å²) in [5.74, 6) is 0. The predicted molar refractivity (Wildman–Crippen MR) is 78.9 cm³/mol. The molecule has 0 unspecified atom stereocenters. The Balaban J connectivity index is 2.17. The molecular formula is C17H26FN. The van der Waals surface area contributed by atoms with Gasteiger partial charge in [0.2, 0.25) is 0 Å². The highest BCUT2D eigenvalue weighted by Gasteiger charge is 2.29. The second kappa shape index (κ2) is 7.04. The fourth-order valence-electron chi connectivity index (χ4n) is 3.26. The lowest BCUT2D eigenvalue weighted by Crippen LogP contribution is -2.37. The third kappa shape index (κ3) is 3.79. The Morgan fingerprint density at radius 1 is 1.00 bits per heavy atom. The van der Waals surface area contributed by atoms with Crippen molar-refractivity contribution in [1.82, 2.24) is 0 Å². The summed E-state index contributed by atoms with van der Waals surface area (Å²) in [6.45, 7) is -0.212. The number of hydrogen-bond acceptors (Lipinski definition) is 1. The number of nitrogens with two attached hydrogens (primary N) is 1. The molecule has 2 N–H and O–H groups in total. The second-order valence-corrected chi connectivity index (χ2v) is 5.87. The minimum Gasteiger partial charge on any atom is -0.321 e. The molecule has 1 fully saturated rings. The topological polar surface area (TPSA) is 26.0 Å². The molecule has 2 heteroatoms. The molecule has 1 aromatic carbocycles. The molecule has 0 amide bonds. The molecule has 0 radical (unpaired) electrons. The third-order valence-corrected chi connectivity index (χ3v) is 4.38. The Kier molecular flexibility index (Phi) is 5.38. The van der Waals surface area contributed by atoms with Crippen LogP contribution in [0, 0.1) is 0 Å². The number of hydrogen-bond donors (Lipinski definition) is 1. The van der Waals surface area contributed by atoms with E-state index in [0.717, 1.165) is 25.7 Å². The monoisotopic (exact) mass is 263 g/mol. The first-order valence-corrected chi connectivity index (χ1v) is 7.69. The average Bonchev–Trinajstić information content (AvgIpc) is 2.65. The standard InChI is InChI=1S/C17H26FN/c18-14-8-5-10-15-9-3-4-11-16(15)17(19)12-6-1-2-7-13-17/h3-4,9,11H,1-2,5-8,10,12-14,19H2. The molecule has 1 aliphatic rings. The maximum atomic E-state index is 12.3. The molecular weight excluding hydrogens is 237 g/mol. The van der Waals surface area contributed by atoms with Gasteiger partial charge in [0.25, 0.3) is 0 Å². The molecule has 1 aliphatic carbocycles. The van der Waals surface area contributed by atoms with E-state index in [0.29, 0.717) is 6.42 Å². The van der Waals surface area contributed by atoms with Gasteiger partial charge in [-0.25, -0.2) is 0 Å². The lowest BCUT2D eigenvalue weighted by molar-refractivity contribution is 0.381. The van der Waals surface area contributed by atoms with Crippen molar-refractivity contribution >= 4 is 0 Å². The molecule has 106 valence electrons. The van der Waals surface area contributed by atoms with Crippen LogP contribution in [0.2, 0.25) is 0 Å². The van der Waals surface area contributed by atoms with Gasteiger partial charge in [-0.15, -0.1) is 0 Å². The molecule has 0 atom stereocenters. The van der Waals surface area contributed by atoms with E-state index in [9.17, 15) is 4.39 Å². The summed E-state index contributed by atoms with van der Waals surface area (Å²) in [7, 11) is 0. The van der Waals surface area contributed by atoms with Crippen LogP contribution in [0.4, 0.5) is 4.39 Å². The summed E-state index contributed by atoms with van der Waals surface area (Å²) in [4.78, 5) is 0. The Bertz CT molecular complexity index is 381. The Morgan fingerprint density at radius 2 is 1.68 bits per heavy atom. The zero-order valence-corrected chi connectivity index (χ0v) is 11.8. The first-order valence-electron chi connectivity index (χ1n) is 7.69. The Morgan fingerprint density at radius 3 is 2.37 bits per heavy atom. The van der Waals surface area contributed by atoms with E-state index in [4.69, 9.17) is 5.73 Å². The molecule has 0 aromatic heterocycles. The van der Waals surface area contributed by atoms with Crippen LogP contribution >= 0.6 is 0 Å². The fraction of sp³-hybridized carbons (Fsp3) is 0.647. The van der Waals surface area contributed by atoms with Gasteiger partial charge >= 0.3 is 0 Å². The minimum atomic E-state index is -0.212. The van der Waals surface area contributed by atoms with Crippen LogP contribution in [0.25, 0.3) is 0 Å². The molecule has 2 rings (SSSR count). The molecule has 1 saturated carbocycles. The third-order valence-electron chi connectivity index (χ3n) is 4.38. The van der Waals surface area contributed by atoms with Crippen molar-refractivity contribution in [2.45, 2.75) is 63.3 Å². The summed E-state index contributed by atoms with van der Waals surface area (Å²) < 4.78 is 12.3. The Labute approximate surface area is 116 Å². The highest BCUT2D eigenvalue weighted by Crippen LogP contribution is 2.35. The van der Waals surface area contributed by atoms with Crippen molar-refractivity contribution in [2.75, 3.05) is 6.67 Å². The molecule has 0 aliphatic heterocycles. The maximum Gasteiger partial charge on any atom is 0.0894 e. The van der Waals surface area contributed by atoms with E-state index >= 15 is 0 Å². The van der Waals surface area contributed by atoms with Gasteiger partial charge in [-0.05, 0) is 43.2 Å². The largest absolute Gasteiger partial charge is 0.321 e. The van der Waals surface area contributed by atoms with E-state index in [2.05, 4.69) is 24.3 Å². The van der Waals surface area contributed by atoms with Crippen LogP contribution in [0.5, 0.6) is 0 Å². The smallest absolute Gasteiger partial charge is 0.0894 e. The van der Waals surface area contributed by atoms with Crippen LogP contribution in [0.3, 0.4) is 0 Å². The van der Waals surface area contributed by atoms with E-state index in [1.807, 2.05) is 0 Å². The number of rotatable bonds is 5. The molecule has 1 nitrogen and oxygen atoms in total. The summed E-state index contributed by atoms with van der Waals surface area (Å²) in [5, 5.41) is 0. The fourth-order valence-corrected chi connectivity index (χ4v) is 3.26. The van der Waals surface area contributed by atoms with Crippen molar-refractivity contribution in [3.8, 4) is 0 Å². The number of halogens is 1. The Hall–Kier alpha value is -0.890. The molecule has 0 heterocycles. The number of alkyl halides is 1. The number of unbranched alkanes of at least 4 members (excludes halogenated alkanes) is 1. The van der Waals surface area contributed by atoms with Gasteiger partial charge < -0.3 is 5.73 Å². The summed E-state index contributed by atoms with van der Waals surface area (Å²) in [6.07, 6.45) is 9.80. The van der Waals surface area contributed by atoms with E-state index in [1.165, 1.54) is 36.8 Å². The van der Waals surface area contributed by atoms with Crippen molar-refractivity contribution in [3.05, 3.63) is 35.4 Å². The van der Waals surface area contributed by atoms with E-state index in [1.54, 1.807) is 0 Å². The minimum absolute atomic E-state index is 0.150. The van der Waals surface area contributed by atoms with Gasteiger partial charge in [0.15, 0.2) is 0 Å². The maximum absolute atomic E-state index is 12.3. The van der Waals surface area contributed by atoms with Crippen molar-refractivity contribution in [3.63, 3.8) is 0 Å². The highest BCUT2D eigenvalue weighted by atomic mass is 19.1. The quantitative estimate of drug-likeness (QED) is 0.615. The van der Waals surface area contributed by atoms with Crippen molar-refractivity contribution in [2.24, 2.45) is 5.73 Å². The highest BCUT2D eigenvalue weighted by molar-refractivity contribution is 5.34. The van der Waals surface area contributed by atoms with Crippen LogP contribution in [0.1, 0.15) is 62.5 Å². The first-order chi connectivity index (χ1) is 9.26. The molecule has 0 spiro atoms. The molecule has 19 heavy (non-hydrogen) atoms. The molecule has 0 saturated heterocycles. The summed E-state index contributed by atoms with van der Waals surface area (Å²) >= 11 is 0. The summed E-state index contributed by atoms with van der Waals surface area (Å²) in [5.41, 5.74) is 9.21. The predicted octanol–water partition coefficient (Wildman–Crippen LogP) is 4.49. The van der Waals surface area contributed by atoms with Gasteiger partial charge in [-0.2, -0.15) is 0 Å². The van der Waals surface area contributed by atoms with Crippen LogP contribution < -0.4 is 5.73 Å². The average molecular weight is 263 g/mol. The summed E-state index contributed by atoms with van der Waals surface area (Å²) in [6, 6.07) is 8.53. The SMILES string of the molecule is NC1(c2ccccc2CCCCF)CCCCCC1. The number of benzene rings is 1. The normalized spacial score (nSPS) is 19.1. The van der Waals surface area contributed by atoms with Gasteiger partial charge in [0.1, 0.15) is 0 Å². The van der Waals surface area contributed by atoms with Gasteiger partial charge in [-0.1, -0.05) is 49.9 Å². The molecule has 0 bridgehead atoms. The van der Waals surface area contributed by atoms with E-state index in [-0.39, 0.29) is 12.2 Å². The molecule has 1 aromatic rings. The lowest BCUT2D eigenvalue weighted by atomic mass is 9.80. The number of aryl methyl sites for hydroxylation is 1. The van der Waals surface area contributed by atoms with Crippen LogP contribution in [-0.4, -0.2) is 6.67 Å². The van der Waals surface area contributed by atoms with Crippen LogP contribution in [0.15, 0.2) is 24.3 Å². The van der Waals surface area contributed by atoms with Crippen molar-refractivity contribution < 1.29 is 4.39 Å². The van der Waals surface area contributed by atoms with Crippen molar-refractivity contribution in [1.29, 1.82) is 0 Å². The van der Waals surface area contributed by atoms with Gasteiger partial charge in [0, 0.05) is 5.54 Å². The first kappa shape index (κ1) is 14.5. The van der Waals surface area contributed by atoms with Gasteiger partial charge in [0.05, 0.1) is 6.67 Å². The zero-order chi connectivity index (χ0) is 13.6. The van der Waals surface area contributed by atoms with Crippen LogP contribution in [-0.2, 0) is 12.0 Å². The van der Waals surface area contributed by atoms with Gasteiger partial charge in [-0.3, -0.25) is 4.39 Å². The van der Waals surface area contributed by atoms with E-state index < -0.39 is 0 Å². The second-order valence-electron chi connectivity index (χ2n) is 5.87.